The lowest BCUT2D eigenvalue weighted by molar-refractivity contribution is 0.115. The minimum atomic E-state index is 0.820. The van der Waals surface area contributed by atoms with Crippen molar-refractivity contribution in [2.75, 3.05) is 20.1 Å². The summed E-state index contributed by atoms with van der Waals surface area (Å²) in [5.74, 6) is 0. The minimum absolute atomic E-state index is 0.820. The molecule has 2 heterocycles. The summed E-state index contributed by atoms with van der Waals surface area (Å²) in [6.07, 6.45) is 5.65. The lowest BCUT2D eigenvalue weighted by Gasteiger charge is -2.42. The quantitative estimate of drug-likeness (QED) is 0.602. The van der Waals surface area contributed by atoms with Crippen molar-refractivity contribution in [3.05, 3.63) is 0 Å². The Balaban J connectivity index is 1.88. The molecule has 2 saturated heterocycles. The van der Waals surface area contributed by atoms with E-state index in [2.05, 4.69) is 17.3 Å². The van der Waals surface area contributed by atoms with Crippen molar-refractivity contribution in [2.45, 2.75) is 37.8 Å². The van der Waals surface area contributed by atoms with Crippen molar-refractivity contribution in [2.24, 2.45) is 0 Å². The number of hydrogen-bond acceptors (Lipinski definition) is 2. The molecule has 64 valence electrons. The highest BCUT2D eigenvalue weighted by atomic mass is 15.2. The van der Waals surface area contributed by atoms with Gasteiger partial charge in [0.15, 0.2) is 0 Å². The van der Waals surface area contributed by atoms with E-state index in [0.29, 0.717) is 0 Å². The lowest BCUT2D eigenvalue weighted by atomic mass is 9.90. The first-order valence-electron chi connectivity index (χ1n) is 4.81. The molecule has 0 saturated carbocycles. The van der Waals surface area contributed by atoms with Gasteiger partial charge >= 0.3 is 0 Å². The molecular formula is C9H18N2. The van der Waals surface area contributed by atoms with Gasteiger partial charge in [-0.1, -0.05) is 6.42 Å². The Morgan fingerprint density at radius 1 is 1.27 bits per heavy atom. The summed E-state index contributed by atoms with van der Waals surface area (Å²) in [7, 11) is 2.27. The van der Waals surface area contributed by atoms with Crippen LogP contribution in [0.1, 0.15) is 25.7 Å². The number of nitrogens with zero attached hydrogens (tertiary/aromatic N) is 1. The molecule has 0 aromatic heterocycles. The Morgan fingerprint density at radius 2 is 2.09 bits per heavy atom. The minimum Gasteiger partial charge on any atom is -0.312 e. The van der Waals surface area contributed by atoms with Crippen LogP contribution < -0.4 is 5.32 Å². The molecule has 0 aliphatic carbocycles. The van der Waals surface area contributed by atoms with Crippen LogP contribution >= 0.6 is 0 Å². The van der Waals surface area contributed by atoms with E-state index in [1.54, 1.807) is 0 Å². The van der Waals surface area contributed by atoms with Gasteiger partial charge in [0.05, 0.1) is 0 Å². The van der Waals surface area contributed by atoms with Gasteiger partial charge in [-0.3, -0.25) is 0 Å². The molecule has 0 aromatic carbocycles. The molecule has 2 unspecified atom stereocenters. The zero-order valence-electron chi connectivity index (χ0n) is 7.34. The van der Waals surface area contributed by atoms with Gasteiger partial charge in [0.25, 0.3) is 0 Å². The topological polar surface area (TPSA) is 15.3 Å². The van der Waals surface area contributed by atoms with Crippen LogP contribution in [0.3, 0.4) is 0 Å². The number of nitrogens with one attached hydrogen (secondary N) is 1. The van der Waals surface area contributed by atoms with Crippen molar-refractivity contribution in [1.29, 1.82) is 0 Å². The molecule has 2 nitrogen and oxygen atoms in total. The van der Waals surface area contributed by atoms with Crippen LogP contribution in [0.2, 0.25) is 0 Å². The van der Waals surface area contributed by atoms with E-state index >= 15 is 0 Å². The zero-order valence-corrected chi connectivity index (χ0v) is 7.34. The van der Waals surface area contributed by atoms with Crippen molar-refractivity contribution >= 4 is 0 Å². The molecule has 1 N–H and O–H groups in total. The number of hydrogen-bond donors (Lipinski definition) is 1. The Hall–Kier alpha value is -0.0800. The molecule has 2 aliphatic rings. The van der Waals surface area contributed by atoms with Crippen LogP contribution in [0.25, 0.3) is 0 Å². The molecule has 0 radical (unpaired) electrons. The summed E-state index contributed by atoms with van der Waals surface area (Å²) in [5.41, 5.74) is 0. The molecule has 11 heavy (non-hydrogen) atoms. The first-order chi connectivity index (χ1) is 5.38. The first kappa shape index (κ1) is 7.56. The first-order valence-corrected chi connectivity index (χ1v) is 4.81. The summed E-state index contributed by atoms with van der Waals surface area (Å²) < 4.78 is 0. The molecule has 2 fully saturated rings. The van der Waals surface area contributed by atoms with Crippen molar-refractivity contribution in [3.8, 4) is 0 Å². The van der Waals surface area contributed by atoms with Gasteiger partial charge in [-0.2, -0.15) is 0 Å². The van der Waals surface area contributed by atoms with Gasteiger partial charge in [0, 0.05) is 12.1 Å². The zero-order chi connectivity index (χ0) is 7.68. The maximum absolute atomic E-state index is 3.50. The molecule has 2 aliphatic heterocycles. The van der Waals surface area contributed by atoms with E-state index in [-0.39, 0.29) is 0 Å². The third-order valence-corrected chi connectivity index (χ3v) is 3.15. The predicted molar refractivity (Wildman–Crippen MR) is 46.7 cm³/mol. The summed E-state index contributed by atoms with van der Waals surface area (Å²) in [5, 5.41) is 3.50. The third-order valence-electron chi connectivity index (χ3n) is 3.15. The normalized spacial score (nSPS) is 40.1. The number of rotatable bonds is 1. The van der Waals surface area contributed by atoms with Gasteiger partial charge < -0.3 is 10.2 Å². The van der Waals surface area contributed by atoms with Crippen molar-refractivity contribution in [1.82, 2.24) is 10.2 Å². The highest BCUT2D eigenvalue weighted by Gasteiger charge is 2.30. The molecule has 2 heteroatoms. The Bertz CT molecular complexity index is 130. The second kappa shape index (κ2) is 3.11. The molecule has 0 aromatic rings. The monoisotopic (exact) mass is 154 g/mol. The summed E-state index contributed by atoms with van der Waals surface area (Å²) >= 11 is 0. The molecule has 0 spiro atoms. The van der Waals surface area contributed by atoms with Crippen molar-refractivity contribution < 1.29 is 0 Å². The van der Waals surface area contributed by atoms with E-state index in [9.17, 15) is 0 Å². The van der Waals surface area contributed by atoms with Crippen molar-refractivity contribution in [3.63, 3.8) is 0 Å². The Kier molecular flexibility index (Phi) is 2.14. The fourth-order valence-electron chi connectivity index (χ4n) is 2.25. The standard InChI is InChI=1S/C9H18N2/c1-11-7-3-2-4-9(11)8-5-6-10-8/h8-10H,2-7H2,1H3. The maximum Gasteiger partial charge on any atom is 0.0246 e. The van der Waals surface area contributed by atoms with E-state index in [0.717, 1.165) is 12.1 Å². The largest absolute Gasteiger partial charge is 0.312 e. The SMILES string of the molecule is CN1CCCCC1C1CCN1. The Morgan fingerprint density at radius 3 is 2.64 bits per heavy atom. The molecule has 0 amide bonds. The van der Waals surface area contributed by atoms with Gasteiger partial charge in [0.1, 0.15) is 0 Å². The summed E-state index contributed by atoms with van der Waals surface area (Å²) in [6.45, 7) is 2.55. The van der Waals surface area contributed by atoms with Crippen LogP contribution in [0.15, 0.2) is 0 Å². The van der Waals surface area contributed by atoms with E-state index < -0.39 is 0 Å². The second-order valence-electron chi connectivity index (χ2n) is 3.89. The van der Waals surface area contributed by atoms with E-state index in [1.165, 1.54) is 38.8 Å². The fourth-order valence-corrected chi connectivity index (χ4v) is 2.25. The van der Waals surface area contributed by atoms with Gasteiger partial charge in [-0.25, -0.2) is 0 Å². The van der Waals surface area contributed by atoms with Crippen LogP contribution in [-0.4, -0.2) is 37.1 Å². The molecular weight excluding hydrogens is 136 g/mol. The molecule has 2 atom stereocenters. The Labute approximate surface area is 69.0 Å². The number of likely N-dealkylation sites (N-methyl/N-ethyl adjacent to an activating group) is 1. The highest BCUT2D eigenvalue weighted by molar-refractivity contribution is 4.91. The summed E-state index contributed by atoms with van der Waals surface area (Å²) in [4.78, 5) is 2.53. The van der Waals surface area contributed by atoms with Crippen LogP contribution in [0.4, 0.5) is 0 Å². The van der Waals surface area contributed by atoms with Crippen LogP contribution in [-0.2, 0) is 0 Å². The number of piperidine rings is 1. The van der Waals surface area contributed by atoms with Gasteiger partial charge in [-0.05, 0) is 39.4 Å². The van der Waals surface area contributed by atoms with E-state index in [1.807, 2.05) is 0 Å². The van der Waals surface area contributed by atoms with Crippen LogP contribution in [0.5, 0.6) is 0 Å². The average Bonchev–Trinajstić information content (AvgIpc) is 1.90. The smallest absolute Gasteiger partial charge is 0.0246 e. The number of likely N-dealkylation sites (tertiary alicyclic amines) is 1. The average molecular weight is 154 g/mol. The highest BCUT2D eigenvalue weighted by Crippen LogP contribution is 2.22. The summed E-state index contributed by atoms with van der Waals surface area (Å²) in [6, 6.07) is 1.66. The molecule has 2 rings (SSSR count). The molecule has 0 bridgehead atoms. The predicted octanol–water partition coefficient (Wildman–Crippen LogP) is 0.833. The van der Waals surface area contributed by atoms with Crippen LogP contribution in [0, 0.1) is 0 Å². The second-order valence-corrected chi connectivity index (χ2v) is 3.89. The van der Waals surface area contributed by atoms with Gasteiger partial charge in [-0.15, -0.1) is 0 Å². The fraction of sp³-hybridized carbons (Fsp3) is 1.00. The van der Waals surface area contributed by atoms with Gasteiger partial charge in [0.2, 0.25) is 0 Å². The lowest BCUT2D eigenvalue weighted by Crippen LogP contribution is -2.57. The maximum atomic E-state index is 3.50. The van der Waals surface area contributed by atoms with E-state index in [4.69, 9.17) is 0 Å². The third kappa shape index (κ3) is 1.42.